The van der Waals surface area contributed by atoms with E-state index in [4.69, 9.17) is 14.2 Å². The van der Waals surface area contributed by atoms with Crippen LogP contribution < -0.4 is 19.5 Å². The molecule has 29 heavy (non-hydrogen) atoms. The zero-order valence-corrected chi connectivity index (χ0v) is 17.1. The highest BCUT2D eigenvalue weighted by Crippen LogP contribution is 2.30. The summed E-state index contributed by atoms with van der Waals surface area (Å²) in [6.45, 7) is 2.24. The molecule has 0 unspecified atom stereocenters. The molecule has 0 aromatic heterocycles. The molecule has 0 aliphatic heterocycles. The van der Waals surface area contributed by atoms with Crippen molar-refractivity contribution in [1.29, 1.82) is 0 Å². The Hall–Kier alpha value is -3.33. The van der Waals surface area contributed by atoms with Gasteiger partial charge >= 0.3 is 0 Å². The van der Waals surface area contributed by atoms with E-state index in [1.807, 2.05) is 24.1 Å². The second kappa shape index (κ2) is 9.74. The van der Waals surface area contributed by atoms with Gasteiger partial charge in [0.05, 0.1) is 44.0 Å². The van der Waals surface area contributed by atoms with Crippen LogP contribution in [0.1, 0.15) is 12.5 Å². The van der Waals surface area contributed by atoms with Gasteiger partial charge in [-0.05, 0) is 26.1 Å². The van der Waals surface area contributed by atoms with Crippen LogP contribution in [-0.2, 0) is 11.3 Å². The van der Waals surface area contributed by atoms with E-state index in [0.717, 1.165) is 5.56 Å². The highest BCUT2D eigenvalue weighted by atomic mass is 16.6. The molecule has 0 spiro atoms. The number of carbonyl (C=O) groups is 1. The zero-order chi connectivity index (χ0) is 21.6. The number of likely N-dealkylation sites (N-methyl/N-ethyl adjacent to an activating group) is 1. The maximum atomic E-state index is 12.7. The number of nitro groups is 1. The van der Waals surface area contributed by atoms with E-state index in [-0.39, 0.29) is 17.3 Å². The number of nitrogens with one attached hydrogen (secondary N) is 1. The Kier molecular flexibility index (Phi) is 7.38. The first kappa shape index (κ1) is 22.0. The number of non-ortho nitro benzene ring substituents is 1. The van der Waals surface area contributed by atoms with Gasteiger partial charge in [-0.15, -0.1) is 0 Å². The lowest BCUT2D eigenvalue weighted by Gasteiger charge is -2.25. The molecule has 2 aromatic carbocycles. The average molecular weight is 403 g/mol. The number of ether oxygens (including phenoxy) is 3. The van der Waals surface area contributed by atoms with Crippen molar-refractivity contribution in [3.05, 3.63) is 52.1 Å². The fraction of sp³-hybridized carbons (Fsp3) is 0.350. The van der Waals surface area contributed by atoms with Gasteiger partial charge in [-0.3, -0.25) is 19.8 Å². The van der Waals surface area contributed by atoms with Crippen molar-refractivity contribution in [2.75, 3.05) is 33.7 Å². The maximum absolute atomic E-state index is 12.7. The Morgan fingerprint density at radius 2 is 1.79 bits per heavy atom. The molecule has 156 valence electrons. The Morgan fingerprint density at radius 3 is 2.38 bits per heavy atom. The molecule has 0 bridgehead atoms. The largest absolute Gasteiger partial charge is 0.497 e. The van der Waals surface area contributed by atoms with E-state index in [1.54, 1.807) is 27.2 Å². The molecule has 0 heterocycles. The number of hydrogen-bond donors (Lipinski definition) is 1. The van der Waals surface area contributed by atoms with E-state index in [1.165, 1.54) is 25.3 Å². The summed E-state index contributed by atoms with van der Waals surface area (Å²) in [4.78, 5) is 24.9. The Morgan fingerprint density at radius 1 is 1.10 bits per heavy atom. The van der Waals surface area contributed by atoms with Crippen LogP contribution in [-0.4, -0.2) is 50.1 Å². The summed E-state index contributed by atoms with van der Waals surface area (Å²) in [7, 11) is 6.37. The minimum atomic E-state index is -0.521. The van der Waals surface area contributed by atoms with Gasteiger partial charge in [0.25, 0.3) is 5.69 Å². The van der Waals surface area contributed by atoms with Crippen molar-refractivity contribution in [3.8, 4) is 17.2 Å². The molecule has 0 saturated carbocycles. The lowest BCUT2D eigenvalue weighted by molar-refractivity contribution is -0.384. The number of rotatable bonds is 9. The first-order chi connectivity index (χ1) is 13.8. The number of nitrogens with zero attached hydrogens (tertiary/aromatic N) is 2. The van der Waals surface area contributed by atoms with Crippen LogP contribution in [0.2, 0.25) is 0 Å². The van der Waals surface area contributed by atoms with E-state index >= 15 is 0 Å². The first-order valence-electron chi connectivity index (χ1n) is 8.85. The zero-order valence-electron chi connectivity index (χ0n) is 17.1. The topological polar surface area (TPSA) is 103 Å². The molecule has 2 aromatic rings. The van der Waals surface area contributed by atoms with Gasteiger partial charge in [-0.1, -0.05) is 6.07 Å². The molecular weight excluding hydrogens is 378 g/mol. The van der Waals surface area contributed by atoms with Gasteiger partial charge < -0.3 is 19.5 Å². The molecule has 0 aliphatic rings. The van der Waals surface area contributed by atoms with Gasteiger partial charge in [-0.25, -0.2) is 0 Å². The molecule has 2 rings (SSSR count). The fourth-order valence-electron chi connectivity index (χ4n) is 2.72. The van der Waals surface area contributed by atoms with E-state index < -0.39 is 11.0 Å². The number of amides is 1. The summed E-state index contributed by atoms with van der Waals surface area (Å²) in [5, 5.41) is 13.7. The van der Waals surface area contributed by atoms with Crippen molar-refractivity contribution >= 4 is 17.3 Å². The Bertz CT molecular complexity index is 887. The average Bonchev–Trinajstić information content (AvgIpc) is 2.73. The van der Waals surface area contributed by atoms with Gasteiger partial charge in [-0.2, -0.15) is 0 Å². The lowest BCUT2D eigenvalue weighted by Crippen LogP contribution is -2.39. The minimum Gasteiger partial charge on any atom is -0.497 e. The highest BCUT2D eigenvalue weighted by Gasteiger charge is 2.21. The highest BCUT2D eigenvalue weighted by molar-refractivity contribution is 5.96. The Balaban J connectivity index is 2.11. The van der Waals surface area contributed by atoms with E-state index in [2.05, 4.69) is 5.32 Å². The van der Waals surface area contributed by atoms with Crippen LogP contribution in [0.15, 0.2) is 36.4 Å². The van der Waals surface area contributed by atoms with Gasteiger partial charge in [0.15, 0.2) is 0 Å². The maximum Gasteiger partial charge on any atom is 0.273 e. The van der Waals surface area contributed by atoms with E-state index in [9.17, 15) is 14.9 Å². The summed E-state index contributed by atoms with van der Waals surface area (Å²) in [6, 6.07) is 9.06. The van der Waals surface area contributed by atoms with Crippen molar-refractivity contribution < 1.29 is 23.9 Å². The first-order valence-corrected chi connectivity index (χ1v) is 8.85. The molecule has 0 saturated heterocycles. The third kappa shape index (κ3) is 5.35. The normalized spacial score (nSPS) is 11.7. The van der Waals surface area contributed by atoms with Crippen LogP contribution in [0, 0.1) is 10.1 Å². The van der Waals surface area contributed by atoms with Crippen LogP contribution in [0.4, 0.5) is 11.4 Å². The predicted octanol–water partition coefficient (Wildman–Crippen LogP) is 3.08. The van der Waals surface area contributed by atoms with Crippen LogP contribution in [0.25, 0.3) is 0 Å². The monoisotopic (exact) mass is 403 g/mol. The summed E-state index contributed by atoms with van der Waals surface area (Å²) in [5.41, 5.74) is 1.16. The van der Waals surface area contributed by atoms with Crippen molar-refractivity contribution in [2.45, 2.75) is 19.5 Å². The number of anilines is 1. The molecule has 1 amide bonds. The SMILES string of the molecule is COc1ccc(CN(C)[C@@H](C)C(=O)Nc2ccc([N+](=O)[O-])cc2OC)c(OC)c1. The van der Waals surface area contributed by atoms with Gasteiger partial charge in [0.1, 0.15) is 17.2 Å². The third-order valence-corrected chi connectivity index (χ3v) is 4.61. The molecule has 0 aliphatic carbocycles. The quantitative estimate of drug-likeness (QED) is 0.507. The van der Waals surface area contributed by atoms with Crippen LogP contribution >= 0.6 is 0 Å². The van der Waals surface area contributed by atoms with Crippen molar-refractivity contribution in [1.82, 2.24) is 4.90 Å². The van der Waals surface area contributed by atoms with E-state index in [0.29, 0.717) is 23.7 Å². The smallest absolute Gasteiger partial charge is 0.273 e. The summed E-state index contributed by atoms with van der Waals surface area (Å²) >= 11 is 0. The third-order valence-electron chi connectivity index (χ3n) is 4.61. The molecule has 9 nitrogen and oxygen atoms in total. The molecule has 0 radical (unpaired) electrons. The fourth-order valence-corrected chi connectivity index (χ4v) is 2.72. The molecule has 0 fully saturated rings. The molecule has 1 atom stereocenters. The van der Waals surface area contributed by atoms with Crippen LogP contribution in [0.5, 0.6) is 17.2 Å². The minimum absolute atomic E-state index is 0.114. The number of benzene rings is 2. The predicted molar refractivity (Wildman–Crippen MR) is 109 cm³/mol. The van der Waals surface area contributed by atoms with Gasteiger partial charge in [0, 0.05) is 24.2 Å². The summed E-state index contributed by atoms with van der Waals surface area (Å²) in [5.74, 6) is 1.30. The van der Waals surface area contributed by atoms with Crippen LogP contribution in [0.3, 0.4) is 0 Å². The molecule has 1 N–H and O–H groups in total. The molecular formula is C20H25N3O6. The number of hydrogen-bond acceptors (Lipinski definition) is 7. The summed E-state index contributed by atoms with van der Waals surface area (Å²) in [6.07, 6.45) is 0. The van der Waals surface area contributed by atoms with Crippen molar-refractivity contribution in [3.63, 3.8) is 0 Å². The second-order valence-electron chi connectivity index (χ2n) is 6.40. The van der Waals surface area contributed by atoms with Crippen molar-refractivity contribution in [2.24, 2.45) is 0 Å². The Labute approximate surface area is 169 Å². The lowest BCUT2D eigenvalue weighted by atomic mass is 10.1. The standard InChI is InChI=1S/C20H25N3O6/c1-13(22(2)12-14-6-8-16(27-3)11-18(14)28-4)20(24)21-17-9-7-15(23(25)26)10-19(17)29-5/h6-11,13H,12H2,1-5H3,(H,21,24)/t13-/m0/s1. The molecule has 9 heteroatoms. The summed E-state index contributed by atoms with van der Waals surface area (Å²) < 4.78 is 15.8. The number of carbonyl (C=O) groups excluding carboxylic acids is 1. The number of methoxy groups -OCH3 is 3. The van der Waals surface area contributed by atoms with Gasteiger partial charge in [0.2, 0.25) is 5.91 Å². The number of nitro benzene ring substituents is 1. The second-order valence-corrected chi connectivity index (χ2v) is 6.40.